The smallest absolute Gasteiger partial charge is 0.282 e. The summed E-state index contributed by atoms with van der Waals surface area (Å²) in [5.41, 5.74) is 3.67. The second-order valence-corrected chi connectivity index (χ2v) is 7.65. The van der Waals surface area contributed by atoms with Crippen LogP contribution in [0.5, 0.6) is 11.5 Å². The number of carbonyl (C=O) groups excluding carboxylic acids is 2. The topological polar surface area (TPSA) is 59.1 Å². The zero-order chi connectivity index (χ0) is 23.5. The van der Waals surface area contributed by atoms with E-state index in [2.05, 4.69) is 6.92 Å². The first kappa shape index (κ1) is 22.1. The average Bonchev–Trinajstić information content (AvgIpc) is 3.13. The van der Waals surface area contributed by atoms with E-state index in [1.54, 1.807) is 37.3 Å². The lowest BCUT2D eigenvalue weighted by atomic mass is 10.0. The van der Waals surface area contributed by atoms with Crippen LogP contribution < -0.4 is 19.3 Å². The second-order valence-electron chi connectivity index (χ2n) is 7.65. The number of amides is 2. The number of aryl methyl sites for hydroxylation is 1. The van der Waals surface area contributed by atoms with Gasteiger partial charge in [0.25, 0.3) is 11.8 Å². The monoisotopic (exact) mass is 442 g/mol. The van der Waals surface area contributed by atoms with E-state index in [0.29, 0.717) is 34.0 Å². The van der Waals surface area contributed by atoms with Gasteiger partial charge in [0.05, 0.1) is 25.5 Å². The summed E-state index contributed by atoms with van der Waals surface area (Å²) in [6, 6.07) is 22.2. The third-order valence-corrected chi connectivity index (χ3v) is 5.81. The molecule has 0 N–H and O–H groups in total. The number of carbonyl (C=O) groups is 2. The van der Waals surface area contributed by atoms with Gasteiger partial charge in [-0.3, -0.25) is 9.59 Å². The summed E-state index contributed by atoms with van der Waals surface area (Å²) in [6.45, 7) is 2.06. The zero-order valence-corrected chi connectivity index (χ0v) is 19.2. The van der Waals surface area contributed by atoms with Crippen LogP contribution in [0.15, 0.2) is 78.5 Å². The van der Waals surface area contributed by atoms with Crippen LogP contribution in [0.3, 0.4) is 0 Å². The molecule has 1 heterocycles. The largest absolute Gasteiger partial charge is 0.493 e. The van der Waals surface area contributed by atoms with Crippen molar-refractivity contribution in [2.45, 2.75) is 13.3 Å². The van der Waals surface area contributed by atoms with Crippen molar-refractivity contribution in [1.29, 1.82) is 0 Å². The van der Waals surface area contributed by atoms with Gasteiger partial charge in [-0.25, -0.2) is 4.90 Å². The minimum absolute atomic E-state index is 0.304. The molecule has 168 valence electrons. The lowest BCUT2D eigenvalue weighted by molar-refractivity contribution is -0.120. The molecule has 33 heavy (non-hydrogen) atoms. The average molecular weight is 443 g/mol. The summed E-state index contributed by atoms with van der Waals surface area (Å²) in [5.74, 6) is 0.272. The first-order chi connectivity index (χ1) is 16.0. The highest BCUT2D eigenvalue weighted by Gasteiger charge is 2.42. The number of methoxy groups -OCH3 is 2. The van der Waals surface area contributed by atoms with E-state index in [9.17, 15) is 9.59 Å². The van der Waals surface area contributed by atoms with Crippen LogP contribution in [0, 0.1) is 0 Å². The molecule has 0 aromatic heterocycles. The fraction of sp³-hybridized carbons (Fsp3) is 0.185. The van der Waals surface area contributed by atoms with Gasteiger partial charge in [0.15, 0.2) is 11.5 Å². The molecular formula is C27H26N2O4. The molecule has 0 spiro atoms. The number of imide groups is 1. The van der Waals surface area contributed by atoms with Crippen molar-refractivity contribution < 1.29 is 19.1 Å². The molecular weight excluding hydrogens is 416 g/mol. The van der Waals surface area contributed by atoms with Gasteiger partial charge >= 0.3 is 0 Å². The molecule has 0 radical (unpaired) electrons. The predicted molar refractivity (Wildman–Crippen MR) is 130 cm³/mol. The number of rotatable bonds is 7. The number of para-hydroxylation sites is 1. The molecule has 0 saturated heterocycles. The molecule has 6 nitrogen and oxygen atoms in total. The molecule has 0 atom stereocenters. The van der Waals surface area contributed by atoms with Gasteiger partial charge in [-0.05, 0) is 53.9 Å². The fourth-order valence-corrected chi connectivity index (χ4v) is 3.98. The van der Waals surface area contributed by atoms with Gasteiger partial charge in [0, 0.05) is 12.7 Å². The van der Waals surface area contributed by atoms with Crippen LogP contribution in [0.25, 0.3) is 5.57 Å². The van der Waals surface area contributed by atoms with Crippen LogP contribution in [0.4, 0.5) is 11.4 Å². The first-order valence-electron chi connectivity index (χ1n) is 10.7. The van der Waals surface area contributed by atoms with Crippen molar-refractivity contribution in [2.24, 2.45) is 0 Å². The minimum Gasteiger partial charge on any atom is -0.493 e. The summed E-state index contributed by atoms with van der Waals surface area (Å²) >= 11 is 0. The van der Waals surface area contributed by atoms with E-state index in [-0.39, 0.29) is 11.8 Å². The summed E-state index contributed by atoms with van der Waals surface area (Å²) < 4.78 is 10.8. The van der Waals surface area contributed by atoms with Crippen molar-refractivity contribution in [3.05, 3.63) is 89.6 Å². The Bertz CT molecular complexity index is 1220. The maximum absolute atomic E-state index is 13.7. The van der Waals surface area contributed by atoms with Gasteiger partial charge in [-0.15, -0.1) is 0 Å². The Morgan fingerprint density at radius 1 is 0.818 bits per heavy atom. The van der Waals surface area contributed by atoms with Crippen LogP contribution in [-0.2, 0) is 16.0 Å². The van der Waals surface area contributed by atoms with Crippen LogP contribution in [0.1, 0.15) is 18.1 Å². The Balaban J connectivity index is 1.87. The Morgan fingerprint density at radius 2 is 1.48 bits per heavy atom. The van der Waals surface area contributed by atoms with Crippen LogP contribution in [0.2, 0.25) is 0 Å². The maximum atomic E-state index is 13.7. The maximum Gasteiger partial charge on any atom is 0.282 e. The highest BCUT2D eigenvalue weighted by molar-refractivity contribution is 6.46. The number of benzene rings is 3. The lowest BCUT2D eigenvalue weighted by Crippen LogP contribution is -2.34. The SMILES string of the molecule is CCc1ccc(N2C(=O)C(c3ccc(OC)c(OC)c3)=C(N(C)c3ccccc3)C2=O)cc1. The molecule has 4 rings (SSSR count). The van der Waals surface area contributed by atoms with E-state index >= 15 is 0 Å². The number of anilines is 2. The number of nitrogens with zero attached hydrogens (tertiary/aromatic N) is 2. The summed E-state index contributed by atoms with van der Waals surface area (Å²) in [7, 11) is 4.88. The molecule has 2 amide bonds. The van der Waals surface area contributed by atoms with Crippen molar-refractivity contribution in [2.75, 3.05) is 31.1 Å². The molecule has 0 unspecified atom stereocenters. The predicted octanol–water partition coefficient (Wildman–Crippen LogP) is 4.69. The third kappa shape index (κ3) is 3.96. The fourth-order valence-electron chi connectivity index (χ4n) is 3.98. The van der Waals surface area contributed by atoms with Crippen LogP contribution in [-0.4, -0.2) is 33.1 Å². The molecule has 1 aliphatic heterocycles. The van der Waals surface area contributed by atoms with E-state index in [1.807, 2.05) is 54.6 Å². The summed E-state index contributed by atoms with van der Waals surface area (Å²) in [5, 5.41) is 0. The minimum atomic E-state index is -0.380. The van der Waals surface area contributed by atoms with Crippen molar-refractivity contribution in [1.82, 2.24) is 0 Å². The molecule has 0 aliphatic carbocycles. The highest BCUT2D eigenvalue weighted by atomic mass is 16.5. The van der Waals surface area contributed by atoms with Crippen molar-refractivity contribution in [3.63, 3.8) is 0 Å². The number of hydrogen-bond acceptors (Lipinski definition) is 5. The van der Waals surface area contributed by atoms with E-state index in [1.165, 1.54) is 12.0 Å². The van der Waals surface area contributed by atoms with E-state index < -0.39 is 0 Å². The Morgan fingerprint density at radius 3 is 2.09 bits per heavy atom. The van der Waals surface area contributed by atoms with Crippen molar-refractivity contribution in [3.8, 4) is 11.5 Å². The number of hydrogen-bond donors (Lipinski definition) is 0. The molecule has 0 fully saturated rings. The molecule has 1 aliphatic rings. The van der Waals surface area contributed by atoms with Gasteiger partial charge in [0.2, 0.25) is 0 Å². The van der Waals surface area contributed by atoms with Crippen molar-refractivity contribution >= 4 is 28.8 Å². The standard InChI is InChI=1S/C27H26N2O4/c1-5-18-11-14-21(15-12-18)29-26(30)24(19-13-16-22(32-3)23(17-19)33-4)25(27(29)31)28(2)20-9-7-6-8-10-20/h6-17H,5H2,1-4H3. The van der Waals surface area contributed by atoms with Crippen LogP contribution >= 0.6 is 0 Å². The quantitative estimate of drug-likeness (QED) is 0.497. The Hall–Kier alpha value is -4.06. The summed E-state index contributed by atoms with van der Waals surface area (Å²) in [6.07, 6.45) is 0.874. The third-order valence-electron chi connectivity index (χ3n) is 5.81. The molecule has 6 heteroatoms. The lowest BCUT2D eigenvalue weighted by Gasteiger charge is -2.21. The summed E-state index contributed by atoms with van der Waals surface area (Å²) in [4.78, 5) is 30.4. The number of ether oxygens (including phenoxy) is 2. The Labute approximate surface area is 193 Å². The molecule has 3 aromatic rings. The normalized spacial score (nSPS) is 13.5. The zero-order valence-electron chi connectivity index (χ0n) is 19.2. The Kier molecular flexibility index (Phi) is 6.18. The van der Waals surface area contributed by atoms with Gasteiger partial charge < -0.3 is 14.4 Å². The first-order valence-corrected chi connectivity index (χ1v) is 10.7. The highest BCUT2D eigenvalue weighted by Crippen LogP contribution is 2.39. The van der Waals surface area contributed by atoms with E-state index in [0.717, 1.165) is 17.7 Å². The number of likely N-dealkylation sites (N-methyl/N-ethyl adjacent to an activating group) is 1. The molecule has 0 bridgehead atoms. The van der Waals surface area contributed by atoms with Gasteiger partial charge in [0.1, 0.15) is 5.70 Å². The molecule has 3 aromatic carbocycles. The second kappa shape index (κ2) is 9.20. The van der Waals surface area contributed by atoms with E-state index in [4.69, 9.17) is 9.47 Å². The van der Waals surface area contributed by atoms with Gasteiger partial charge in [-0.1, -0.05) is 43.3 Å². The van der Waals surface area contributed by atoms with Gasteiger partial charge in [-0.2, -0.15) is 0 Å². The molecule has 0 saturated carbocycles.